The lowest BCUT2D eigenvalue weighted by molar-refractivity contribution is -0.139. The van der Waals surface area contributed by atoms with Gasteiger partial charge in [0, 0.05) is 24.3 Å². The Morgan fingerprint density at radius 3 is 2.14 bits per heavy atom. The van der Waals surface area contributed by atoms with Crippen LogP contribution in [0.4, 0.5) is 0 Å². The number of alkyl halides is 1. The molecule has 4 heteroatoms. The number of nitrogens with zero attached hydrogens (tertiary/aromatic N) is 1. The molecule has 0 bridgehead atoms. The molecule has 2 amide bonds. The smallest absolute Gasteiger partial charge is 0.233 e. The predicted molar refractivity (Wildman–Crippen MR) is 54.9 cm³/mol. The molecule has 0 radical (unpaired) electrons. The van der Waals surface area contributed by atoms with Gasteiger partial charge in [-0.05, 0) is 0 Å². The van der Waals surface area contributed by atoms with E-state index in [0.29, 0.717) is 12.4 Å². The van der Waals surface area contributed by atoms with Crippen LogP contribution in [0.3, 0.4) is 0 Å². The van der Waals surface area contributed by atoms with Crippen molar-refractivity contribution in [3.8, 4) is 0 Å². The largest absolute Gasteiger partial charge is 0.278 e. The Morgan fingerprint density at radius 1 is 1.21 bits per heavy atom. The topological polar surface area (TPSA) is 37.4 Å². The minimum atomic E-state index is -0.188. The minimum absolute atomic E-state index is 0.0817. The third-order valence-corrected chi connectivity index (χ3v) is 2.78. The number of halogens is 1. The molecule has 1 rings (SSSR count). The summed E-state index contributed by atoms with van der Waals surface area (Å²) < 4.78 is 0. The maximum Gasteiger partial charge on any atom is 0.233 e. The van der Waals surface area contributed by atoms with Gasteiger partial charge in [-0.25, -0.2) is 0 Å². The second-order valence-corrected chi connectivity index (χ2v) is 3.80. The lowest BCUT2D eigenvalue weighted by Gasteiger charge is -2.10. The maximum absolute atomic E-state index is 11.6. The first-order valence-electron chi connectivity index (χ1n) is 4.65. The Morgan fingerprint density at radius 2 is 1.71 bits per heavy atom. The Balaban J connectivity index is 2.66. The van der Waals surface area contributed by atoms with E-state index >= 15 is 0 Å². The molecule has 1 saturated heterocycles. The van der Waals surface area contributed by atoms with Crippen molar-refractivity contribution in [2.75, 3.05) is 12.4 Å². The number of carbonyl (C=O) groups is 2. The molecule has 0 aromatic rings. The zero-order chi connectivity index (χ0) is 10.7. The van der Waals surface area contributed by atoms with Crippen LogP contribution >= 0.6 is 11.6 Å². The van der Waals surface area contributed by atoms with Crippen molar-refractivity contribution in [3.63, 3.8) is 0 Å². The lowest BCUT2D eigenvalue weighted by Crippen LogP contribution is -2.30. The zero-order valence-electron chi connectivity index (χ0n) is 8.37. The Kier molecular flexibility index (Phi) is 3.69. The minimum Gasteiger partial charge on any atom is -0.278 e. The van der Waals surface area contributed by atoms with Crippen molar-refractivity contribution in [2.24, 2.45) is 11.8 Å². The van der Waals surface area contributed by atoms with E-state index in [2.05, 4.69) is 0 Å². The van der Waals surface area contributed by atoms with Gasteiger partial charge in [0.15, 0.2) is 0 Å². The predicted octanol–water partition coefficient (Wildman–Crippen LogP) is 1.42. The SMILES string of the molecule is CC1C(=O)N(C/C=C/CCl)C(=O)C1C. The number of carbonyl (C=O) groups excluding carboxylic acids is 2. The summed E-state index contributed by atoms with van der Waals surface area (Å²) in [5.74, 6) is -0.135. The fourth-order valence-electron chi connectivity index (χ4n) is 1.45. The highest BCUT2D eigenvalue weighted by Gasteiger charge is 2.41. The molecule has 78 valence electrons. The van der Waals surface area contributed by atoms with Crippen LogP contribution in [0.2, 0.25) is 0 Å². The highest BCUT2D eigenvalue weighted by Crippen LogP contribution is 2.24. The third-order valence-electron chi connectivity index (χ3n) is 2.60. The molecule has 1 aliphatic rings. The van der Waals surface area contributed by atoms with Gasteiger partial charge in [-0.15, -0.1) is 11.6 Å². The molecule has 0 aromatic heterocycles. The van der Waals surface area contributed by atoms with Gasteiger partial charge < -0.3 is 0 Å². The first kappa shape index (κ1) is 11.2. The van der Waals surface area contributed by atoms with Gasteiger partial charge in [0.1, 0.15) is 0 Å². The molecular formula is C10H14ClNO2. The number of allylic oxidation sites excluding steroid dienone is 1. The Bertz CT molecular complexity index is 255. The van der Waals surface area contributed by atoms with Crippen LogP contribution < -0.4 is 0 Å². The van der Waals surface area contributed by atoms with Gasteiger partial charge in [-0.1, -0.05) is 26.0 Å². The van der Waals surface area contributed by atoms with Gasteiger partial charge >= 0.3 is 0 Å². The fraction of sp³-hybridized carbons (Fsp3) is 0.600. The van der Waals surface area contributed by atoms with Crippen molar-refractivity contribution < 1.29 is 9.59 Å². The number of amides is 2. The summed E-state index contributed by atoms with van der Waals surface area (Å²) in [6.07, 6.45) is 3.48. The number of likely N-dealkylation sites (tertiary alicyclic amines) is 1. The van der Waals surface area contributed by atoms with Crippen LogP contribution in [0.5, 0.6) is 0 Å². The van der Waals surface area contributed by atoms with E-state index in [-0.39, 0.29) is 23.7 Å². The van der Waals surface area contributed by atoms with Crippen LogP contribution in [0.25, 0.3) is 0 Å². The molecular weight excluding hydrogens is 202 g/mol. The van der Waals surface area contributed by atoms with E-state index < -0.39 is 0 Å². The fourth-order valence-corrected chi connectivity index (χ4v) is 1.58. The molecule has 2 atom stereocenters. The molecule has 3 nitrogen and oxygen atoms in total. The molecule has 14 heavy (non-hydrogen) atoms. The highest BCUT2D eigenvalue weighted by atomic mass is 35.5. The quantitative estimate of drug-likeness (QED) is 0.406. The summed E-state index contributed by atoms with van der Waals surface area (Å²) in [4.78, 5) is 24.4. The summed E-state index contributed by atoms with van der Waals surface area (Å²) >= 11 is 5.44. The molecule has 0 spiro atoms. The van der Waals surface area contributed by atoms with E-state index in [0.717, 1.165) is 0 Å². The average molecular weight is 216 g/mol. The zero-order valence-corrected chi connectivity index (χ0v) is 9.12. The van der Waals surface area contributed by atoms with Crippen LogP contribution in [-0.2, 0) is 9.59 Å². The van der Waals surface area contributed by atoms with Crippen molar-refractivity contribution in [3.05, 3.63) is 12.2 Å². The van der Waals surface area contributed by atoms with E-state index in [4.69, 9.17) is 11.6 Å². The summed E-state index contributed by atoms with van der Waals surface area (Å²) in [6, 6.07) is 0. The Labute approximate surface area is 88.7 Å². The second-order valence-electron chi connectivity index (χ2n) is 3.49. The van der Waals surface area contributed by atoms with Crippen LogP contribution in [-0.4, -0.2) is 29.1 Å². The number of hydrogen-bond donors (Lipinski definition) is 0. The number of rotatable bonds is 3. The van der Waals surface area contributed by atoms with E-state index in [1.807, 2.05) is 0 Å². The van der Waals surface area contributed by atoms with Crippen molar-refractivity contribution >= 4 is 23.4 Å². The normalized spacial score (nSPS) is 28.1. The van der Waals surface area contributed by atoms with E-state index in [1.165, 1.54) is 4.90 Å². The van der Waals surface area contributed by atoms with Gasteiger partial charge in [0.05, 0.1) is 0 Å². The average Bonchev–Trinajstić information content (AvgIpc) is 2.35. The van der Waals surface area contributed by atoms with Gasteiger partial charge in [-0.3, -0.25) is 14.5 Å². The van der Waals surface area contributed by atoms with Crippen LogP contribution in [0, 0.1) is 11.8 Å². The third kappa shape index (κ3) is 1.98. The van der Waals surface area contributed by atoms with Crippen LogP contribution in [0.15, 0.2) is 12.2 Å². The maximum atomic E-state index is 11.6. The Hall–Kier alpha value is -0.830. The molecule has 0 aliphatic carbocycles. The summed E-state index contributed by atoms with van der Waals surface area (Å²) in [6.45, 7) is 3.92. The standard InChI is InChI=1S/C10H14ClNO2/c1-7-8(2)10(14)12(9(7)13)6-4-3-5-11/h3-4,7-8H,5-6H2,1-2H3/b4-3+. The van der Waals surface area contributed by atoms with Crippen molar-refractivity contribution in [1.29, 1.82) is 0 Å². The molecule has 0 aromatic carbocycles. The summed E-state index contributed by atoms with van der Waals surface area (Å²) in [5, 5.41) is 0. The first-order valence-corrected chi connectivity index (χ1v) is 5.19. The lowest BCUT2D eigenvalue weighted by atomic mass is 10.00. The summed E-state index contributed by atoms with van der Waals surface area (Å²) in [7, 11) is 0. The molecule has 0 N–H and O–H groups in total. The van der Waals surface area contributed by atoms with E-state index in [9.17, 15) is 9.59 Å². The first-order chi connectivity index (χ1) is 6.59. The van der Waals surface area contributed by atoms with Crippen molar-refractivity contribution in [2.45, 2.75) is 13.8 Å². The number of imide groups is 1. The van der Waals surface area contributed by atoms with E-state index in [1.54, 1.807) is 26.0 Å². The molecule has 0 saturated carbocycles. The molecule has 1 aliphatic heterocycles. The van der Waals surface area contributed by atoms with Gasteiger partial charge in [0.2, 0.25) is 11.8 Å². The van der Waals surface area contributed by atoms with Crippen LogP contribution in [0.1, 0.15) is 13.8 Å². The second kappa shape index (κ2) is 4.60. The molecule has 1 heterocycles. The molecule has 1 fully saturated rings. The van der Waals surface area contributed by atoms with Gasteiger partial charge in [-0.2, -0.15) is 0 Å². The van der Waals surface area contributed by atoms with Gasteiger partial charge in [0.25, 0.3) is 0 Å². The van der Waals surface area contributed by atoms with Crippen molar-refractivity contribution in [1.82, 2.24) is 4.90 Å². The molecule has 2 unspecified atom stereocenters. The number of hydrogen-bond acceptors (Lipinski definition) is 2. The summed E-state index contributed by atoms with van der Waals surface area (Å²) in [5.41, 5.74) is 0. The monoisotopic (exact) mass is 215 g/mol. The highest BCUT2D eigenvalue weighted by molar-refractivity contribution is 6.18.